The summed E-state index contributed by atoms with van der Waals surface area (Å²) in [5.74, 6) is 0.123. The van der Waals surface area contributed by atoms with Gasteiger partial charge in [0, 0.05) is 23.5 Å². The summed E-state index contributed by atoms with van der Waals surface area (Å²) >= 11 is 6.67. The fourth-order valence-electron chi connectivity index (χ4n) is 2.75. The van der Waals surface area contributed by atoms with Gasteiger partial charge in [0.15, 0.2) is 0 Å². The Bertz CT molecular complexity index is 473. The van der Waals surface area contributed by atoms with Crippen LogP contribution < -0.4 is 0 Å². The molecule has 3 nitrogen and oxygen atoms in total. The normalized spacial score (nSPS) is 16.1. The predicted molar refractivity (Wildman–Crippen MR) is 87.5 cm³/mol. The van der Waals surface area contributed by atoms with Crippen molar-refractivity contribution >= 4 is 37.8 Å². The standard InChI is InChI=1S/C15H19Br2NO2/c16-8-9-18(12-4-2-1-3-5-12)15(20)11-6-7-13(17)14(19)10-11/h6-7,10,12,19H,1-5,8-9H2. The van der Waals surface area contributed by atoms with Crippen LogP contribution in [0.15, 0.2) is 22.7 Å². The number of alkyl halides is 1. The zero-order chi connectivity index (χ0) is 14.5. The van der Waals surface area contributed by atoms with Crippen LogP contribution >= 0.6 is 31.9 Å². The lowest BCUT2D eigenvalue weighted by atomic mass is 9.93. The van der Waals surface area contributed by atoms with Crippen molar-refractivity contribution in [3.63, 3.8) is 0 Å². The van der Waals surface area contributed by atoms with Crippen LogP contribution in [0.4, 0.5) is 0 Å². The first-order chi connectivity index (χ1) is 9.63. The molecule has 0 heterocycles. The van der Waals surface area contributed by atoms with Gasteiger partial charge in [-0.3, -0.25) is 4.79 Å². The molecule has 0 bridgehead atoms. The molecule has 1 amide bonds. The maximum absolute atomic E-state index is 12.7. The number of hydrogen-bond donors (Lipinski definition) is 1. The first kappa shape index (κ1) is 15.8. The third-order valence-corrected chi connectivity index (χ3v) is 4.82. The maximum atomic E-state index is 12.7. The summed E-state index contributed by atoms with van der Waals surface area (Å²) in [5, 5.41) is 10.5. The number of nitrogens with zero attached hydrogens (tertiary/aromatic N) is 1. The second-order valence-electron chi connectivity index (χ2n) is 5.15. The van der Waals surface area contributed by atoms with Gasteiger partial charge in [0.2, 0.25) is 0 Å². The highest BCUT2D eigenvalue weighted by molar-refractivity contribution is 9.10. The van der Waals surface area contributed by atoms with Gasteiger partial charge in [-0.15, -0.1) is 0 Å². The lowest BCUT2D eigenvalue weighted by molar-refractivity contribution is 0.0650. The highest BCUT2D eigenvalue weighted by Gasteiger charge is 2.26. The topological polar surface area (TPSA) is 40.5 Å². The SMILES string of the molecule is O=C(c1ccc(Br)c(O)c1)N(CCBr)C1CCCCC1. The number of rotatable bonds is 4. The van der Waals surface area contributed by atoms with Crippen molar-refractivity contribution in [3.05, 3.63) is 28.2 Å². The Morgan fingerprint density at radius 2 is 2.00 bits per heavy atom. The molecule has 1 saturated carbocycles. The smallest absolute Gasteiger partial charge is 0.254 e. The average Bonchev–Trinajstić information content (AvgIpc) is 2.48. The number of carbonyl (C=O) groups is 1. The van der Waals surface area contributed by atoms with E-state index >= 15 is 0 Å². The number of amides is 1. The molecule has 0 aromatic heterocycles. The minimum atomic E-state index is 0.0131. The van der Waals surface area contributed by atoms with E-state index in [0.717, 1.165) is 18.2 Å². The minimum Gasteiger partial charge on any atom is -0.507 e. The van der Waals surface area contributed by atoms with E-state index in [1.165, 1.54) is 25.3 Å². The molecule has 1 aromatic rings. The number of carbonyl (C=O) groups excluding carboxylic acids is 1. The molecule has 110 valence electrons. The molecule has 20 heavy (non-hydrogen) atoms. The lowest BCUT2D eigenvalue weighted by Crippen LogP contribution is -2.42. The molecule has 5 heteroatoms. The molecule has 0 atom stereocenters. The van der Waals surface area contributed by atoms with Crippen LogP contribution in [-0.4, -0.2) is 33.8 Å². The Kier molecular flexibility index (Phi) is 5.90. The monoisotopic (exact) mass is 403 g/mol. The molecular weight excluding hydrogens is 386 g/mol. The molecule has 0 aliphatic heterocycles. The number of halogens is 2. The first-order valence-corrected chi connectivity index (χ1v) is 8.90. The molecule has 0 saturated heterocycles. The van der Waals surface area contributed by atoms with Crippen molar-refractivity contribution in [2.24, 2.45) is 0 Å². The van der Waals surface area contributed by atoms with Crippen LogP contribution in [0.1, 0.15) is 42.5 Å². The molecule has 0 spiro atoms. The fraction of sp³-hybridized carbons (Fsp3) is 0.533. The Balaban J connectivity index is 2.18. The average molecular weight is 405 g/mol. The maximum Gasteiger partial charge on any atom is 0.254 e. The number of hydrogen-bond acceptors (Lipinski definition) is 2. The summed E-state index contributed by atoms with van der Waals surface area (Å²) in [7, 11) is 0. The Hall–Kier alpha value is -0.550. The van der Waals surface area contributed by atoms with Gasteiger partial charge in [0.05, 0.1) is 4.47 Å². The van der Waals surface area contributed by atoms with E-state index in [4.69, 9.17) is 0 Å². The third-order valence-electron chi connectivity index (χ3n) is 3.79. The summed E-state index contributed by atoms with van der Waals surface area (Å²) in [6.07, 6.45) is 5.83. The molecule has 1 fully saturated rings. The van der Waals surface area contributed by atoms with Crippen molar-refractivity contribution in [1.29, 1.82) is 0 Å². The van der Waals surface area contributed by atoms with E-state index in [1.807, 2.05) is 4.90 Å². The summed E-state index contributed by atoms with van der Waals surface area (Å²) in [6.45, 7) is 0.709. The summed E-state index contributed by atoms with van der Waals surface area (Å²) in [5.41, 5.74) is 0.553. The Morgan fingerprint density at radius 1 is 1.30 bits per heavy atom. The molecule has 1 aromatic carbocycles. The van der Waals surface area contributed by atoms with Crippen molar-refractivity contribution in [3.8, 4) is 5.75 Å². The third kappa shape index (κ3) is 3.76. The van der Waals surface area contributed by atoms with Crippen LogP contribution in [0.3, 0.4) is 0 Å². The van der Waals surface area contributed by atoms with Gasteiger partial charge in [-0.1, -0.05) is 35.2 Å². The van der Waals surface area contributed by atoms with Crippen LogP contribution in [-0.2, 0) is 0 Å². The van der Waals surface area contributed by atoms with Crippen LogP contribution in [0.25, 0.3) is 0 Å². The second kappa shape index (κ2) is 7.46. The van der Waals surface area contributed by atoms with Crippen molar-refractivity contribution in [1.82, 2.24) is 4.90 Å². The van der Waals surface area contributed by atoms with Crippen LogP contribution in [0.5, 0.6) is 5.75 Å². The quantitative estimate of drug-likeness (QED) is 0.759. The number of aromatic hydroxyl groups is 1. The van der Waals surface area contributed by atoms with E-state index in [2.05, 4.69) is 31.9 Å². The minimum absolute atomic E-state index is 0.0131. The van der Waals surface area contributed by atoms with E-state index in [-0.39, 0.29) is 11.7 Å². The Labute approximate surface area is 136 Å². The zero-order valence-electron chi connectivity index (χ0n) is 11.3. The van der Waals surface area contributed by atoms with Gasteiger partial charge in [0.25, 0.3) is 5.91 Å². The number of phenols is 1. The van der Waals surface area contributed by atoms with E-state index < -0.39 is 0 Å². The summed E-state index contributed by atoms with van der Waals surface area (Å²) in [6, 6.07) is 5.35. The van der Waals surface area contributed by atoms with Gasteiger partial charge in [-0.05, 0) is 47.0 Å². The van der Waals surface area contributed by atoms with Gasteiger partial charge < -0.3 is 10.0 Å². The zero-order valence-corrected chi connectivity index (χ0v) is 14.5. The fourth-order valence-corrected chi connectivity index (χ4v) is 3.37. The molecule has 1 aliphatic rings. The molecular formula is C15H19Br2NO2. The molecule has 1 N–H and O–H groups in total. The van der Waals surface area contributed by atoms with Gasteiger partial charge in [0.1, 0.15) is 5.75 Å². The van der Waals surface area contributed by atoms with Crippen molar-refractivity contribution < 1.29 is 9.90 Å². The highest BCUT2D eigenvalue weighted by atomic mass is 79.9. The molecule has 0 unspecified atom stereocenters. The predicted octanol–water partition coefficient (Wildman–Crippen LogP) is 4.32. The highest BCUT2D eigenvalue weighted by Crippen LogP contribution is 2.27. The Morgan fingerprint density at radius 3 is 2.60 bits per heavy atom. The molecule has 0 radical (unpaired) electrons. The van der Waals surface area contributed by atoms with E-state index in [9.17, 15) is 9.90 Å². The van der Waals surface area contributed by atoms with Crippen LogP contribution in [0.2, 0.25) is 0 Å². The van der Waals surface area contributed by atoms with Gasteiger partial charge in [-0.2, -0.15) is 0 Å². The van der Waals surface area contributed by atoms with Gasteiger partial charge in [-0.25, -0.2) is 0 Å². The molecule has 2 rings (SSSR count). The first-order valence-electron chi connectivity index (χ1n) is 6.99. The van der Waals surface area contributed by atoms with Gasteiger partial charge >= 0.3 is 0 Å². The summed E-state index contributed by atoms with van der Waals surface area (Å²) < 4.78 is 0.610. The van der Waals surface area contributed by atoms with Crippen LogP contribution in [0, 0.1) is 0 Å². The van der Waals surface area contributed by atoms with Crippen molar-refractivity contribution in [2.75, 3.05) is 11.9 Å². The van der Waals surface area contributed by atoms with Crippen molar-refractivity contribution in [2.45, 2.75) is 38.1 Å². The number of phenolic OH excluding ortho intramolecular Hbond substituents is 1. The molecule has 1 aliphatic carbocycles. The summed E-state index contributed by atoms with van der Waals surface area (Å²) in [4.78, 5) is 14.6. The van der Waals surface area contributed by atoms with E-state index in [0.29, 0.717) is 22.6 Å². The number of benzene rings is 1. The second-order valence-corrected chi connectivity index (χ2v) is 6.79. The largest absolute Gasteiger partial charge is 0.507 e. The van der Waals surface area contributed by atoms with E-state index in [1.54, 1.807) is 12.1 Å². The lowest BCUT2D eigenvalue weighted by Gasteiger charge is -2.34.